The minimum atomic E-state index is -0.482. The molecule has 106 valence electrons. The molecule has 1 aromatic rings. The molecular weight excluding hydrogens is 264 g/mol. The largest absolute Gasteiger partial charge is 0.461 e. The summed E-state index contributed by atoms with van der Waals surface area (Å²) in [5.41, 5.74) is 0.0437. The normalized spacial score (nSPS) is 11.2. The van der Waals surface area contributed by atoms with Gasteiger partial charge < -0.3 is 9.64 Å². The van der Waals surface area contributed by atoms with Gasteiger partial charge in [0.2, 0.25) is 5.01 Å². The lowest BCUT2D eigenvalue weighted by Gasteiger charge is -2.34. The van der Waals surface area contributed by atoms with Gasteiger partial charge in [-0.1, -0.05) is 6.92 Å². The van der Waals surface area contributed by atoms with Crippen LogP contribution in [0.2, 0.25) is 0 Å². The Kier molecular flexibility index (Phi) is 5.05. The molecule has 19 heavy (non-hydrogen) atoms. The highest BCUT2D eigenvalue weighted by molar-refractivity contribution is 7.11. The second-order valence-electron chi connectivity index (χ2n) is 4.79. The zero-order valence-corrected chi connectivity index (χ0v) is 12.8. The summed E-state index contributed by atoms with van der Waals surface area (Å²) in [5, 5.41) is 1.81. The van der Waals surface area contributed by atoms with Gasteiger partial charge in [-0.25, -0.2) is 9.78 Å². The van der Waals surface area contributed by atoms with Crippen LogP contribution in [0.5, 0.6) is 0 Å². The van der Waals surface area contributed by atoms with Crippen molar-refractivity contribution in [3.63, 3.8) is 0 Å². The highest BCUT2D eigenvalue weighted by Crippen LogP contribution is 2.20. The topological polar surface area (TPSA) is 59.5 Å². The molecule has 0 unspecified atom stereocenters. The molecule has 0 saturated carbocycles. The number of thiazole rings is 1. The zero-order valence-electron chi connectivity index (χ0n) is 12.0. The van der Waals surface area contributed by atoms with Gasteiger partial charge in [-0.05, 0) is 27.2 Å². The highest BCUT2D eigenvalue weighted by atomic mass is 32.1. The summed E-state index contributed by atoms with van der Waals surface area (Å²) >= 11 is 1.13. The molecule has 0 spiro atoms. The number of rotatable bonds is 5. The Morgan fingerprint density at radius 2 is 2.05 bits per heavy atom. The molecule has 0 fully saturated rings. The molecule has 5 nitrogen and oxygen atoms in total. The molecule has 1 heterocycles. The van der Waals surface area contributed by atoms with E-state index in [4.69, 9.17) is 4.74 Å². The Morgan fingerprint density at radius 3 is 2.58 bits per heavy atom. The number of hydrogen-bond acceptors (Lipinski definition) is 5. The van der Waals surface area contributed by atoms with E-state index < -0.39 is 5.97 Å². The molecule has 0 bridgehead atoms. The van der Waals surface area contributed by atoms with Crippen LogP contribution in [0.15, 0.2) is 5.38 Å². The van der Waals surface area contributed by atoms with Crippen LogP contribution in [0.1, 0.15) is 54.4 Å². The molecule has 1 rings (SSSR count). The van der Waals surface area contributed by atoms with Gasteiger partial charge in [0.1, 0.15) is 5.69 Å². The maximum atomic E-state index is 12.3. The molecule has 0 radical (unpaired) electrons. The SMILES string of the molecule is CCOC(=O)c1nc(C(=O)N(C)C(C)(C)CC)cs1. The monoisotopic (exact) mass is 284 g/mol. The molecule has 0 aliphatic carbocycles. The van der Waals surface area contributed by atoms with Crippen LogP contribution in [0.25, 0.3) is 0 Å². The van der Waals surface area contributed by atoms with Crippen LogP contribution >= 0.6 is 11.3 Å². The van der Waals surface area contributed by atoms with E-state index in [1.54, 1.807) is 24.3 Å². The minimum Gasteiger partial charge on any atom is -0.461 e. The molecule has 0 atom stereocenters. The number of carbonyl (C=O) groups excluding carboxylic acids is 2. The van der Waals surface area contributed by atoms with Gasteiger partial charge in [0.05, 0.1) is 6.61 Å². The summed E-state index contributed by atoms with van der Waals surface area (Å²) in [6.45, 7) is 8.03. The van der Waals surface area contributed by atoms with Crippen molar-refractivity contribution in [2.24, 2.45) is 0 Å². The molecule has 1 amide bonds. The first-order chi connectivity index (χ1) is 8.83. The number of ether oxygens (including phenoxy) is 1. The Bertz CT molecular complexity index is 468. The maximum absolute atomic E-state index is 12.3. The Balaban J connectivity index is 2.87. The first-order valence-corrected chi connectivity index (χ1v) is 7.12. The van der Waals surface area contributed by atoms with Gasteiger partial charge in [-0.3, -0.25) is 4.79 Å². The van der Waals surface area contributed by atoms with E-state index in [2.05, 4.69) is 4.98 Å². The van der Waals surface area contributed by atoms with Crippen LogP contribution in [0.4, 0.5) is 0 Å². The van der Waals surface area contributed by atoms with E-state index in [1.165, 1.54) is 0 Å². The van der Waals surface area contributed by atoms with Gasteiger partial charge in [-0.2, -0.15) is 0 Å². The Morgan fingerprint density at radius 1 is 1.42 bits per heavy atom. The van der Waals surface area contributed by atoms with Crippen LogP contribution in [0, 0.1) is 0 Å². The summed E-state index contributed by atoms with van der Waals surface area (Å²) in [4.78, 5) is 29.5. The smallest absolute Gasteiger partial charge is 0.367 e. The molecule has 0 aliphatic heterocycles. The van der Waals surface area contributed by atoms with E-state index in [0.29, 0.717) is 6.61 Å². The average Bonchev–Trinajstić information content (AvgIpc) is 2.86. The van der Waals surface area contributed by atoms with E-state index in [0.717, 1.165) is 17.8 Å². The van der Waals surface area contributed by atoms with Gasteiger partial charge in [0.15, 0.2) is 0 Å². The van der Waals surface area contributed by atoms with Crippen molar-refractivity contribution in [1.82, 2.24) is 9.88 Å². The number of amides is 1. The fourth-order valence-electron chi connectivity index (χ4n) is 1.34. The van der Waals surface area contributed by atoms with Crippen molar-refractivity contribution in [3.05, 3.63) is 16.1 Å². The van der Waals surface area contributed by atoms with Crippen LogP contribution in [-0.2, 0) is 4.74 Å². The third-order valence-electron chi connectivity index (χ3n) is 3.25. The van der Waals surface area contributed by atoms with Crippen molar-refractivity contribution in [3.8, 4) is 0 Å². The number of aromatic nitrogens is 1. The zero-order chi connectivity index (χ0) is 14.6. The highest BCUT2D eigenvalue weighted by Gasteiger charge is 2.28. The predicted octanol–water partition coefficient (Wildman–Crippen LogP) is 2.58. The minimum absolute atomic E-state index is 0.182. The number of esters is 1. The third kappa shape index (κ3) is 3.53. The van der Waals surface area contributed by atoms with Crippen molar-refractivity contribution >= 4 is 23.2 Å². The lowest BCUT2D eigenvalue weighted by molar-refractivity contribution is 0.0525. The lowest BCUT2D eigenvalue weighted by Crippen LogP contribution is -2.44. The van der Waals surface area contributed by atoms with Crippen molar-refractivity contribution in [2.45, 2.75) is 39.7 Å². The molecule has 0 saturated heterocycles. The van der Waals surface area contributed by atoms with E-state index in [1.807, 2.05) is 20.8 Å². The summed E-state index contributed by atoms with van der Waals surface area (Å²) in [5.74, 6) is -0.664. The molecule has 6 heteroatoms. The summed E-state index contributed by atoms with van der Waals surface area (Å²) in [7, 11) is 1.75. The van der Waals surface area contributed by atoms with Crippen molar-refractivity contribution in [1.29, 1.82) is 0 Å². The molecule has 0 aliphatic rings. The van der Waals surface area contributed by atoms with E-state index in [-0.39, 0.29) is 22.1 Å². The second kappa shape index (κ2) is 6.14. The molecule has 0 N–H and O–H groups in total. The fourth-order valence-corrected chi connectivity index (χ4v) is 2.03. The van der Waals surface area contributed by atoms with Crippen LogP contribution in [-0.4, -0.2) is 41.0 Å². The molecular formula is C13H20N2O3S. The second-order valence-corrected chi connectivity index (χ2v) is 5.65. The Hall–Kier alpha value is -1.43. The molecule has 0 aromatic carbocycles. The number of hydrogen-bond donors (Lipinski definition) is 0. The number of carbonyl (C=O) groups is 2. The van der Waals surface area contributed by atoms with Crippen LogP contribution < -0.4 is 0 Å². The molecule has 1 aromatic heterocycles. The van der Waals surface area contributed by atoms with E-state index in [9.17, 15) is 9.59 Å². The van der Waals surface area contributed by atoms with Crippen molar-refractivity contribution < 1.29 is 14.3 Å². The van der Waals surface area contributed by atoms with Gasteiger partial charge in [0.25, 0.3) is 5.91 Å². The van der Waals surface area contributed by atoms with Gasteiger partial charge in [-0.15, -0.1) is 11.3 Å². The quantitative estimate of drug-likeness (QED) is 0.780. The first kappa shape index (κ1) is 15.6. The van der Waals surface area contributed by atoms with Crippen LogP contribution in [0.3, 0.4) is 0 Å². The standard InChI is InChI=1S/C13H20N2O3S/c1-6-13(3,4)15(5)11(16)9-8-19-10(14-9)12(17)18-7-2/h8H,6-7H2,1-5H3. The summed E-state index contributed by atoms with van der Waals surface area (Å²) < 4.78 is 4.85. The first-order valence-electron chi connectivity index (χ1n) is 6.24. The third-order valence-corrected chi connectivity index (χ3v) is 4.07. The average molecular weight is 284 g/mol. The van der Waals surface area contributed by atoms with Crippen molar-refractivity contribution in [2.75, 3.05) is 13.7 Å². The van der Waals surface area contributed by atoms with E-state index >= 15 is 0 Å². The Labute approximate surface area is 117 Å². The maximum Gasteiger partial charge on any atom is 0.367 e. The predicted molar refractivity (Wildman–Crippen MR) is 74.5 cm³/mol. The summed E-state index contributed by atoms with van der Waals surface area (Å²) in [6.07, 6.45) is 0.837. The van der Waals surface area contributed by atoms with Gasteiger partial charge >= 0.3 is 5.97 Å². The van der Waals surface area contributed by atoms with Gasteiger partial charge in [0, 0.05) is 18.0 Å². The summed E-state index contributed by atoms with van der Waals surface area (Å²) in [6, 6.07) is 0. The fraction of sp³-hybridized carbons (Fsp3) is 0.615. The number of nitrogens with zero attached hydrogens (tertiary/aromatic N) is 2. The lowest BCUT2D eigenvalue weighted by atomic mass is 10.00.